The molecule has 0 aliphatic carbocycles. The highest BCUT2D eigenvalue weighted by Crippen LogP contribution is 2.29. The second kappa shape index (κ2) is 7.26. The summed E-state index contributed by atoms with van der Waals surface area (Å²) >= 11 is 0. The molecule has 2 rings (SSSR count). The molecule has 1 amide bonds. The van der Waals surface area contributed by atoms with E-state index in [1.165, 1.54) is 10.6 Å². The zero-order valence-corrected chi connectivity index (χ0v) is 11.8. The van der Waals surface area contributed by atoms with Gasteiger partial charge >= 0.3 is 6.18 Å². The third kappa shape index (κ3) is 5.22. The van der Waals surface area contributed by atoms with Crippen LogP contribution < -0.4 is 16.2 Å². The first-order valence-corrected chi connectivity index (χ1v) is 6.40. The molecule has 0 radical (unpaired) electrons. The maximum atomic E-state index is 11.7. The van der Waals surface area contributed by atoms with Crippen LogP contribution in [0.25, 0.3) is 0 Å². The van der Waals surface area contributed by atoms with Gasteiger partial charge in [-0.25, -0.2) is 0 Å². The van der Waals surface area contributed by atoms with E-state index in [4.69, 9.17) is 0 Å². The number of aryl methyl sites for hydroxylation is 2. The molecule has 1 fully saturated rings. The Hall–Kier alpha value is -1.83. The number of nitrogens with zero attached hydrogens (tertiary/aromatic N) is 1. The van der Waals surface area contributed by atoms with E-state index in [9.17, 15) is 22.8 Å². The zero-order chi connectivity index (χ0) is 16.0. The second-order valence-corrected chi connectivity index (χ2v) is 4.81. The lowest BCUT2D eigenvalue weighted by Gasteiger charge is -2.11. The van der Waals surface area contributed by atoms with E-state index in [-0.39, 0.29) is 18.5 Å². The minimum atomic E-state index is -3.98. The van der Waals surface area contributed by atoms with Gasteiger partial charge in [-0.1, -0.05) is 0 Å². The van der Waals surface area contributed by atoms with E-state index in [1.807, 2.05) is 0 Å². The van der Waals surface area contributed by atoms with Crippen molar-refractivity contribution in [2.24, 2.45) is 13.0 Å². The summed E-state index contributed by atoms with van der Waals surface area (Å²) in [5.41, 5.74) is 1.35. The van der Waals surface area contributed by atoms with E-state index in [0.717, 1.165) is 5.56 Å². The number of aromatic nitrogens is 1. The summed E-state index contributed by atoms with van der Waals surface area (Å²) in [5.74, 6) is -1.10. The van der Waals surface area contributed by atoms with Crippen LogP contribution in [0.5, 0.6) is 0 Å². The Morgan fingerprint density at radius 2 is 2.14 bits per heavy atom. The number of hydrogen-bond acceptors (Lipinski definition) is 3. The van der Waals surface area contributed by atoms with Crippen molar-refractivity contribution in [1.29, 1.82) is 0 Å². The van der Waals surface area contributed by atoms with Crippen molar-refractivity contribution in [2.45, 2.75) is 19.5 Å². The average molecular weight is 305 g/mol. The quantitative estimate of drug-likeness (QED) is 0.812. The predicted molar refractivity (Wildman–Crippen MR) is 73.1 cm³/mol. The first kappa shape index (κ1) is 17.2. The van der Waals surface area contributed by atoms with Crippen LogP contribution in [0, 0.1) is 12.8 Å². The van der Waals surface area contributed by atoms with Crippen molar-refractivity contribution >= 4 is 12.1 Å². The molecule has 1 aliphatic rings. The Kier molecular flexibility index (Phi) is 5.95. The van der Waals surface area contributed by atoms with Gasteiger partial charge in [0.1, 0.15) is 0 Å². The number of hydrogen-bond donors (Lipinski definition) is 2. The number of anilines is 1. The van der Waals surface area contributed by atoms with Crippen LogP contribution in [0.4, 0.5) is 18.9 Å². The van der Waals surface area contributed by atoms with Crippen molar-refractivity contribution in [2.75, 3.05) is 18.4 Å². The molecule has 21 heavy (non-hydrogen) atoms. The topological polar surface area (TPSA) is 63.1 Å². The molecule has 5 nitrogen and oxygen atoms in total. The van der Waals surface area contributed by atoms with Gasteiger partial charge in [0.05, 0.1) is 11.6 Å². The summed E-state index contributed by atoms with van der Waals surface area (Å²) < 4.78 is 36.6. The number of rotatable bonds is 2. The van der Waals surface area contributed by atoms with E-state index in [1.54, 1.807) is 20.2 Å². The lowest BCUT2D eigenvalue weighted by molar-refractivity contribution is -0.168. The fraction of sp³-hybridized carbons (Fsp3) is 0.538. The zero-order valence-electron chi connectivity index (χ0n) is 11.8. The van der Waals surface area contributed by atoms with Crippen LogP contribution in [0.2, 0.25) is 0 Å². The smallest absolute Gasteiger partial charge is 0.327 e. The SMILES string of the molecule is Cc1cc(=O)n(C)cc1NC=O.FC(F)(F)C1CCNC1. The van der Waals surface area contributed by atoms with Crippen molar-refractivity contribution in [1.82, 2.24) is 9.88 Å². The molecule has 1 atom stereocenters. The van der Waals surface area contributed by atoms with Gasteiger partial charge in [0.15, 0.2) is 0 Å². The fourth-order valence-corrected chi connectivity index (χ4v) is 1.87. The Morgan fingerprint density at radius 3 is 2.57 bits per heavy atom. The summed E-state index contributed by atoms with van der Waals surface area (Å²) in [6.45, 7) is 2.38. The summed E-state index contributed by atoms with van der Waals surface area (Å²) in [5, 5.41) is 5.16. The maximum absolute atomic E-state index is 11.7. The van der Waals surface area contributed by atoms with Crippen LogP contribution in [-0.2, 0) is 11.8 Å². The van der Waals surface area contributed by atoms with Gasteiger partial charge in [-0.15, -0.1) is 0 Å². The number of carbonyl (C=O) groups excluding carboxylic acids is 1. The normalized spacial score (nSPS) is 17.9. The predicted octanol–water partition coefficient (Wildman–Crippen LogP) is 1.42. The molecule has 1 aromatic heterocycles. The van der Waals surface area contributed by atoms with E-state index in [2.05, 4.69) is 10.6 Å². The Bertz CT molecular complexity index is 534. The summed E-state index contributed by atoms with van der Waals surface area (Å²) in [4.78, 5) is 21.2. The molecule has 1 saturated heterocycles. The first-order valence-electron chi connectivity index (χ1n) is 6.40. The molecule has 0 bridgehead atoms. The van der Waals surface area contributed by atoms with Crippen LogP contribution in [-0.4, -0.2) is 30.2 Å². The molecule has 8 heteroatoms. The van der Waals surface area contributed by atoms with Gasteiger partial charge in [0, 0.05) is 25.9 Å². The molecule has 1 unspecified atom stereocenters. The van der Waals surface area contributed by atoms with Crippen LogP contribution in [0.1, 0.15) is 12.0 Å². The fourth-order valence-electron chi connectivity index (χ4n) is 1.87. The van der Waals surface area contributed by atoms with Gasteiger partial charge in [-0.3, -0.25) is 9.59 Å². The second-order valence-electron chi connectivity index (χ2n) is 4.81. The molecule has 1 aromatic rings. The standard InChI is InChI=1S/C8H10N2O2.C5H8F3N/c1-6-3-8(12)10(2)4-7(6)9-5-11;6-5(7,8)4-1-2-9-3-4/h3-5H,1-2H3,(H,9,11);4,9H,1-3H2. The number of carbonyl (C=O) groups is 1. The number of halogens is 3. The first-order chi connectivity index (χ1) is 9.75. The molecule has 1 aliphatic heterocycles. The third-order valence-corrected chi connectivity index (χ3v) is 3.17. The molecule has 118 valence electrons. The largest absolute Gasteiger partial charge is 0.393 e. The lowest BCUT2D eigenvalue weighted by atomic mass is 10.1. The monoisotopic (exact) mass is 305 g/mol. The number of pyridine rings is 1. The van der Waals surface area contributed by atoms with Crippen LogP contribution in [0.3, 0.4) is 0 Å². The highest BCUT2D eigenvalue weighted by molar-refractivity contribution is 5.72. The van der Waals surface area contributed by atoms with Gasteiger partial charge in [-0.05, 0) is 25.5 Å². The highest BCUT2D eigenvalue weighted by Gasteiger charge is 2.40. The summed E-state index contributed by atoms with van der Waals surface area (Å²) in [6.07, 6.45) is -1.56. The summed E-state index contributed by atoms with van der Waals surface area (Å²) in [6, 6.07) is 1.48. The van der Waals surface area contributed by atoms with Gasteiger partial charge in [-0.2, -0.15) is 13.2 Å². The Morgan fingerprint density at radius 1 is 1.48 bits per heavy atom. The van der Waals surface area contributed by atoms with Gasteiger partial charge in [0.2, 0.25) is 6.41 Å². The molecule has 2 heterocycles. The molecule has 0 aromatic carbocycles. The molecule has 2 N–H and O–H groups in total. The lowest BCUT2D eigenvalue weighted by Crippen LogP contribution is -2.24. The molecule has 0 spiro atoms. The van der Waals surface area contributed by atoms with Crippen molar-refractivity contribution in [3.63, 3.8) is 0 Å². The molecular formula is C13H18F3N3O2. The van der Waals surface area contributed by atoms with Crippen molar-refractivity contribution in [3.8, 4) is 0 Å². The van der Waals surface area contributed by atoms with Crippen molar-refractivity contribution < 1.29 is 18.0 Å². The minimum absolute atomic E-state index is 0.0797. The maximum Gasteiger partial charge on any atom is 0.393 e. The highest BCUT2D eigenvalue weighted by atomic mass is 19.4. The van der Waals surface area contributed by atoms with E-state index >= 15 is 0 Å². The third-order valence-electron chi connectivity index (χ3n) is 3.17. The number of amides is 1. The summed E-state index contributed by atoms with van der Waals surface area (Å²) in [7, 11) is 1.64. The Balaban J connectivity index is 0.000000219. The van der Waals surface area contributed by atoms with Crippen LogP contribution >= 0.6 is 0 Å². The van der Waals surface area contributed by atoms with Crippen molar-refractivity contribution in [3.05, 3.63) is 28.2 Å². The van der Waals surface area contributed by atoms with Gasteiger partial charge in [0.25, 0.3) is 5.56 Å². The van der Waals surface area contributed by atoms with Crippen LogP contribution in [0.15, 0.2) is 17.1 Å². The molecule has 0 saturated carbocycles. The van der Waals surface area contributed by atoms with E-state index in [0.29, 0.717) is 18.6 Å². The van der Waals surface area contributed by atoms with Gasteiger partial charge < -0.3 is 15.2 Å². The number of alkyl halides is 3. The number of nitrogens with one attached hydrogen (secondary N) is 2. The molecular weight excluding hydrogens is 287 g/mol. The van der Waals surface area contributed by atoms with E-state index < -0.39 is 12.1 Å². The average Bonchev–Trinajstić information content (AvgIpc) is 2.90. The Labute approximate surface area is 120 Å². The minimum Gasteiger partial charge on any atom is -0.327 e.